The molecule has 24 heavy (non-hydrogen) atoms. The van der Waals surface area contributed by atoms with E-state index in [-0.39, 0.29) is 24.0 Å². The lowest BCUT2D eigenvalue weighted by Gasteiger charge is -2.32. The van der Waals surface area contributed by atoms with Gasteiger partial charge >= 0.3 is 6.09 Å². The first kappa shape index (κ1) is 18.7. The molecule has 1 fully saturated rings. The highest BCUT2D eigenvalue weighted by atomic mass is 19.1. The van der Waals surface area contributed by atoms with Crippen LogP contribution in [0.1, 0.15) is 65.0 Å². The Balaban J connectivity index is 1.75. The fourth-order valence-corrected chi connectivity index (χ4v) is 3.10. The smallest absolute Gasteiger partial charge is 0.407 e. The Bertz CT molecular complexity index is 549. The fourth-order valence-electron chi connectivity index (χ4n) is 3.10. The van der Waals surface area contributed by atoms with E-state index in [4.69, 9.17) is 4.74 Å². The maximum Gasteiger partial charge on any atom is 0.407 e. The minimum absolute atomic E-state index is 0.112. The number of benzene rings is 1. The molecule has 134 valence electrons. The largest absolute Gasteiger partial charge is 0.444 e. The summed E-state index contributed by atoms with van der Waals surface area (Å²) in [5, 5.41) is 6.51. The molecule has 1 atom stereocenters. The van der Waals surface area contributed by atoms with E-state index in [0.717, 1.165) is 31.2 Å². The van der Waals surface area contributed by atoms with Crippen molar-refractivity contribution in [2.75, 3.05) is 0 Å². The van der Waals surface area contributed by atoms with E-state index in [1.54, 1.807) is 12.1 Å². The van der Waals surface area contributed by atoms with Gasteiger partial charge in [-0.15, -0.1) is 0 Å². The van der Waals surface area contributed by atoms with Crippen molar-refractivity contribution >= 4 is 6.09 Å². The third-order valence-corrected chi connectivity index (χ3v) is 4.28. The molecule has 0 radical (unpaired) electrons. The summed E-state index contributed by atoms with van der Waals surface area (Å²) >= 11 is 0. The molecule has 0 aromatic heterocycles. The van der Waals surface area contributed by atoms with E-state index < -0.39 is 5.60 Å². The van der Waals surface area contributed by atoms with Crippen LogP contribution in [0.15, 0.2) is 24.3 Å². The highest BCUT2D eigenvalue weighted by Crippen LogP contribution is 2.23. The molecule has 1 aliphatic rings. The van der Waals surface area contributed by atoms with Gasteiger partial charge in [0.1, 0.15) is 11.4 Å². The van der Waals surface area contributed by atoms with Gasteiger partial charge in [0.2, 0.25) is 0 Å². The molecule has 2 rings (SSSR count). The number of ether oxygens (including phenoxy) is 1. The Kier molecular flexibility index (Phi) is 6.21. The summed E-state index contributed by atoms with van der Waals surface area (Å²) in [6, 6.07) is 7.39. The molecule has 1 amide bonds. The molecule has 1 saturated carbocycles. The van der Waals surface area contributed by atoms with Crippen LogP contribution in [0.3, 0.4) is 0 Å². The topological polar surface area (TPSA) is 50.4 Å². The van der Waals surface area contributed by atoms with Crippen molar-refractivity contribution in [3.8, 4) is 0 Å². The van der Waals surface area contributed by atoms with Crippen LogP contribution in [0.25, 0.3) is 0 Å². The number of carbonyl (C=O) groups excluding carboxylic acids is 1. The first-order valence-corrected chi connectivity index (χ1v) is 8.74. The lowest BCUT2D eigenvalue weighted by molar-refractivity contribution is 0.0489. The molecule has 0 saturated heterocycles. The van der Waals surface area contributed by atoms with Crippen molar-refractivity contribution in [3.05, 3.63) is 35.6 Å². The van der Waals surface area contributed by atoms with Crippen molar-refractivity contribution < 1.29 is 13.9 Å². The molecular weight excluding hydrogens is 307 g/mol. The number of hydrogen-bond acceptors (Lipinski definition) is 3. The lowest BCUT2D eigenvalue weighted by Crippen LogP contribution is -2.44. The molecule has 0 unspecified atom stereocenters. The third kappa shape index (κ3) is 6.11. The molecular formula is C19H29FN2O2. The van der Waals surface area contributed by atoms with E-state index in [2.05, 4.69) is 17.6 Å². The molecule has 0 spiro atoms. The molecule has 1 aromatic rings. The zero-order valence-electron chi connectivity index (χ0n) is 15.1. The summed E-state index contributed by atoms with van der Waals surface area (Å²) < 4.78 is 18.6. The van der Waals surface area contributed by atoms with Crippen LogP contribution in [0, 0.1) is 5.82 Å². The van der Waals surface area contributed by atoms with E-state index in [9.17, 15) is 9.18 Å². The van der Waals surface area contributed by atoms with Crippen molar-refractivity contribution in [1.29, 1.82) is 0 Å². The van der Waals surface area contributed by atoms with Crippen molar-refractivity contribution in [3.63, 3.8) is 0 Å². The number of hydrogen-bond donors (Lipinski definition) is 2. The Morgan fingerprint density at radius 2 is 1.83 bits per heavy atom. The Labute approximate surface area is 144 Å². The van der Waals surface area contributed by atoms with Crippen LogP contribution in [-0.2, 0) is 4.74 Å². The summed E-state index contributed by atoms with van der Waals surface area (Å²) in [4.78, 5) is 11.8. The second-order valence-corrected chi connectivity index (χ2v) is 7.64. The maximum atomic E-state index is 13.3. The van der Waals surface area contributed by atoms with Gasteiger partial charge < -0.3 is 15.4 Å². The van der Waals surface area contributed by atoms with Crippen LogP contribution < -0.4 is 10.6 Å². The molecule has 5 heteroatoms. The molecule has 2 N–H and O–H groups in total. The molecule has 4 nitrogen and oxygen atoms in total. The number of rotatable bonds is 4. The van der Waals surface area contributed by atoms with Gasteiger partial charge in [0.25, 0.3) is 0 Å². The fraction of sp³-hybridized carbons (Fsp3) is 0.632. The van der Waals surface area contributed by atoms with Crippen LogP contribution in [0.5, 0.6) is 0 Å². The normalized spacial score (nSPS) is 22.7. The minimum Gasteiger partial charge on any atom is -0.444 e. The van der Waals surface area contributed by atoms with E-state index in [0.29, 0.717) is 6.04 Å². The van der Waals surface area contributed by atoms with Gasteiger partial charge in [-0.1, -0.05) is 12.1 Å². The minimum atomic E-state index is -0.469. The molecule has 0 bridgehead atoms. The van der Waals surface area contributed by atoms with E-state index >= 15 is 0 Å². The number of halogens is 1. The number of amides is 1. The zero-order chi connectivity index (χ0) is 17.7. The highest BCUT2D eigenvalue weighted by Gasteiger charge is 2.25. The number of nitrogens with one attached hydrogen (secondary N) is 2. The quantitative estimate of drug-likeness (QED) is 0.861. The lowest BCUT2D eigenvalue weighted by atomic mass is 9.90. The zero-order valence-corrected chi connectivity index (χ0v) is 15.1. The van der Waals surface area contributed by atoms with Gasteiger partial charge in [-0.05, 0) is 71.1 Å². The van der Waals surface area contributed by atoms with Crippen LogP contribution in [-0.4, -0.2) is 23.8 Å². The second kappa shape index (κ2) is 7.97. The van der Waals surface area contributed by atoms with Crippen molar-refractivity contribution in [1.82, 2.24) is 10.6 Å². The Hall–Kier alpha value is -1.62. The standard InChI is InChI=1S/C19H29FN2O2/c1-13(14-6-5-7-15(20)12-14)21-16-8-10-17(11-9-16)22-18(23)24-19(2,3)4/h5-7,12-13,16-17,21H,8-11H2,1-4H3,(H,22,23)/t13-,16?,17?/m0/s1. The summed E-state index contributed by atoms with van der Waals surface area (Å²) in [6.07, 6.45) is 3.48. The van der Waals surface area contributed by atoms with E-state index in [1.807, 2.05) is 26.8 Å². The van der Waals surface area contributed by atoms with Gasteiger partial charge in [0.05, 0.1) is 0 Å². The number of carbonyl (C=O) groups is 1. The SMILES string of the molecule is C[C@H](NC1CCC(NC(=O)OC(C)(C)C)CC1)c1cccc(F)c1. The average molecular weight is 336 g/mol. The summed E-state index contributed by atoms with van der Waals surface area (Å²) in [5.41, 5.74) is 0.493. The summed E-state index contributed by atoms with van der Waals surface area (Å²) in [6.45, 7) is 7.64. The van der Waals surface area contributed by atoms with Crippen molar-refractivity contribution in [2.45, 2.75) is 77.1 Å². The van der Waals surface area contributed by atoms with Gasteiger partial charge in [-0.3, -0.25) is 0 Å². The first-order valence-electron chi connectivity index (χ1n) is 8.74. The van der Waals surface area contributed by atoms with Crippen molar-refractivity contribution in [2.24, 2.45) is 0 Å². The van der Waals surface area contributed by atoms with Gasteiger partial charge in [-0.2, -0.15) is 0 Å². The third-order valence-electron chi connectivity index (χ3n) is 4.28. The Morgan fingerprint density at radius 1 is 1.21 bits per heavy atom. The second-order valence-electron chi connectivity index (χ2n) is 7.64. The predicted octanol–water partition coefficient (Wildman–Crippen LogP) is 4.31. The Morgan fingerprint density at radius 3 is 2.42 bits per heavy atom. The summed E-state index contributed by atoms with van der Waals surface area (Å²) in [5.74, 6) is -0.202. The van der Waals surface area contributed by atoms with Crippen LogP contribution in [0.4, 0.5) is 9.18 Å². The average Bonchev–Trinajstić information content (AvgIpc) is 2.47. The number of alkyl carbamates (subject to hydrolysis) is 1. The van der Waals surface area contributed by atoms with Crippen LogP contribution in [0.2, 0.25) is 0 Å². The van der Waals surface area contributed by atoms with Gasteiger partial charge in [0, 0.05) is 18.1 Å². The maximum absolute atomic E-state index is 13.3. The highest BCUT2D eigenvalue weighted by molar-refractivity contribution is 5.68. The molecule has 1 aromatic carbocycles. The first-order chi connectivity index (χ1) is 11.2. The molecule has 0 heterocycles. The van der Waals surface area contributed by atoms with Crippen LogP contribution >= 0.6 is 0 Å². The monoisotopic (exact) mass is 336 g/mol. The van der Waals surface area contributed by atoms with Gasteiger partial charge in [0.15, 0.2) is 0 Å². The van der Waals surface area contributed by atoms with E-state index in [1.165, 1.54) is 6.07 Å². The van der Waals surface area contributed by atoms with Gasteiger partial charge in [-0.25, -0.2) is 9.18 Å². The predicted molar refractivity (Wildman–Crippen MR) is 93.4 cm³/mol. The molecule has 1 aliphatic carbocycles. The molecule has 0 aliphatic heterocycles. The summed E-state index contributed by atoms with van der Waals surface area (Å²) in [7, 11) is 0.